The molecular formula is C13H20BrN3S. The van der Waals surface area contributed by atoms with Gasteiger partial charge in [-0.25, -0.2) is 0 Å². The number of nitrogens with zero attached hydrogens (tertiary/aromatic N) is 2. The predicted octanol–water partition coefficient (Wildman–Crippen LogP) is 2.29. The highest BCUT2D eigenvalue weighted by Gasteiger charge is 2.33. The van der Waals surface area contributed by atoms with E-state index in [4.69, 9.17) is 5.73 Å². The highest BCUT2D eigenvalue weighted by Crippen LogP contribution is 2.32. The molecule has 3 heterocycles. The van der Waals surface area contributed by atoms with Gasteiger partial charge in [0.25, 0.3) is 0 Å². The van der Waals surface area contributed by atoms with Crippen molar-refractivity contribution in [2.75, 3.05) is 32.7 Å². The van der Waals surface area contributed by atoms with E-state index in [1.54, 1.807) is 0 Å². The first-order valence-electron chi connectivity index (χ1n) is 6.71. The molecule has 1 aromatic rings. The van der Waals surface area contributed by atoms with Gasteiger partial charge in [-0.15, -0.1) is 11.3 Å². The summed E-state index contributed by atoms with van der Waals surface area (Å²) >= 11 is 5.37. The minimum Gasteiger partial charge on any atom is -0.329 e. The summed E-state index contributed by atoms with van der Waals surface area (Å²) in [6.45, 7) is 5.59. The number of fused-ring (bicyclic) bond motifs is 1. The van der Waals surface area contributed by atoms with Crippen LogP contribution in [0.1, 0.15) is 23.8 Å². The van der Waals surface area contributed by atoms with Gasteiger partial charge in [-0.3, -0.25) is 9.80 Å². The van der Waals surface area contributed by atoms with E-state index in [9.17, 15) is 0 Å². The van der Waals surface area contributed by atoms with Gasteiger partial charge < -0.3 is 5.73 Å². The van der Waals surface area contributed by atoms with Crippen molar-refractivity contribution in [1.82, 2.24) is 9.80 Å². The molecule has 100 valence electrons. The van der Waals surface area contributed by atoms with E-state index >= 15 is 0 Å². The van der Waals surface area contributed by atoms with Crippen molar-refractivity contribution in [2.45, 2.75) is 24.9 Å². The quantitative estimate of drug-likeness (QED) is 0.923. The molecule has 0 saturated carbocycles. The molecule has 2 N–H and O–H groups in total. The number of halogens is 1. The Balaban J connectivity index is 1.72. The Kier molecular flexibility index (Phi) is 4.06. The van der Waals surface area contributed by atoms with Crippen LogP contribution in [0.25, 0.3) is 0 Å². The van der Waals surface area contributed by atoms with Crippen LogP contribution in [0.3, 0.4) is 0 Å². The van der Waals surface area contributed by atoms with Crippen LogP contribution in [0.5, 0.6) is 0 Å². The Labute approximate surface area is 121 Å². The average molecular weight is 330 g/mol. The molecule has 2 aliphatic heterocycles. The molecule has 0 bridgehead atoms. The molecule has 2 atom stereocenters. The molecule has 2 fully saturated rings. The Morgan fingerprint density at radius 2 is 2.28 bits per heavy atom. The van der Waals surface area contributed by atoms with Gasteiger partial charge in [-0.2, -0.15) is 0 Å². The van der Waals surface area contributed by atoms with E-state index in [1.165, 1.54) is 41.1 Å². The second kappa shape index (κ2) is 5.59. The summed E-state index contributed by atoms with van der Waals surface area (Å²) in [5.74, 6) is 0. The Morgan fingerprint density at radius 1 is 1.39 bits per heavy atom. The van der Waals surface area contributed by atoms with Gasteiger partial charge in [0.05, 0.1) is 9.83 Å². The maximum absolute atomic E-state index is 6.02. The summed E-state index contributed by atoms with van der Waals surface area (Å²) in [6.07, 6.45) is 2.73. The maximum Gasteiger partial charge on any atom is 0.0702 e. The fraction of sp³-hybridized carbons (Fsp3) is 0.692. The Morgan fingerprint density at radius 3 is 3.00 bits per heavy atom. The number of piperazine rings is 1. The predicted molar refractivity (Wildman–Crippen MR) is 80.0 cm³/mol. The topological polar surface area (TPSA) is 32.5 Å². The SMILES string of the molecule is NCC(c1ccc(Br)s1)N1CCN2CCCC2C1. The summed E-state index contributed by atoms with van der Waals surface area (Å²) in [5, 5.41) is 0. The van der Waals surface area contributed by atoms with Gasteiger partial charge in [-0.05, 0) is 47.4 Å². The highest BCUT2D eigenvalue weighted by atomic mass is 79.9. The number of thiophene rings is 1. The van der Waals surface area contributed by atoms with Crippen LogP contribution in [-0.4, -0.2) is 48.6 Å². The lowest BCUT2D eigenvalue weighted by Gasteiger charge is -2.41. The first-order valence-corrected chi connectivity index (χ1v) is 8.32. The minimum atomic E-state index is 0.407. The van der Waals surface area contributed by atoms with Crippen LogP contribution in [0, 0.1) is 0 Å². The second-order valence-electron chi connectivity index (χ2n) is 5.22. The van der Waals surface area contributed by atoms with Crippen molar-refractivity contribution in [3.05, 3.63) is 20.8 Å². The smallest absolute Gasteiger partial charge is 0.0702 e. The van der Waals surface area contributed by atoms with Crippen molar-refractivity contribution in [3.8, 4) is 0 Å². The lowest BCUT2D eigenvalue weighted by molar-refractivity contribution is 0.0748. The van der Waals surface area contributed by atoms with E-state index in [2.05, 4.69) is 37.9 Å². The second-order valence-corrected chi connectivity index (χ2v) is 7.71. The molecule has 0 aliphatic carbocycles. The summed E-state index contributed by atoms with van der Waals surface area (Å²) < 4.78 is 1.20. The highest BCUT2D eigenvalue weighted by molar-refractivity contribution is 9.11. The molecule has 0 aromatic carbocycles. The first-order chi connectivity index (χ1) is 8.78. The maximum atomic E-state index is 6.02. The van der Waals surface area contributed by atoms with E-state index in [0.29, 0.717) is 6.04 Å². The molecule has 0 amide bonds. The third-order valence-corrected chi connectivity index (χ3v) is 5.93. The zero-order valence-corrected chi connectivity index (χ0v) is 12.9. The third kappa shape index (κ3) is 2.51. The molecule has 2 unspecified atom stereocenters. The van der Waals surface area contributed by atoms with Crippen LogP contribution in [0.15, 0.2) is 15.9 Å². The summed E-state index contributed by atoms with van der Waals surface area (Å²) in [7, 11) is 0. The summed E-state index contributed by atoms with van der Waals surface area (Å²) in [6, 6.07) is 5.53. The standard InChI is InChI=1S/C13H20BrN3S/c14-13-4-3-12(18-13)11(8-15)17-7-6-16-5-1-2-10(16)9-17/h3-4,10-11H,1-2,5-9,15H2. The van der Waals surface area contributed by atoms with E-state index in [1.807, 2.05) is 11.3 Å². The van der Waals surface area contributed by atoms with Crippen molar-refractivity contribution >= 4 is 27.3 Å². The van der Waals surface area contributed by atoms with Crippen LogP contribution in [0.2, 0.25) is 0 Å². The Hall–Kier alpha value is 0.0600. The third-order valence-electron chi connectivity index (χ3n) is 4.21. The fourth-order valence-electron chi connectivity index (χ4n) is 3.25. The number of hydrogen-bond donors (Lipinski definition) is 1. The largest absolute Gasteiger partial charge is 0.329 e. The monoisotopic (exact) mass is 329 g/mol. The van der Waals surface area contributed by atoms with Crippen LogP contribution >= 0.6 is 27.3 Å². The van der Waals surface area contributed by atoms with Crippen molar-refractivity contribution in [1.29, 1.82) is 0 Å². The zero-order chi connectivity index (χ0) is 12.5. The van der Waals surface area contributed by atoms with Crippen molar-refractivity contribution in [2.24, 2.45) is 5.73 Å². The normalized spacial score (nSPS) is 27.3. The van der Waals surface area contributed by atoms with Crippen LogP contribution in [-0.2, 0) is 0 Å². The summed E-state index contributed by atoms with van der Waals surface area (Å²) in [5.41, 5.74) is 6.02. The van der Waals surface area contributed by atoms with Crippen molar-refractivity contribution < 1.29 is 0 Å². The minimum absolute atomic E-state index is 0.407. The number of hydrogen-bond acceptors (Lipinski definition) is 4. The van der Waals surface area contributed by atoms with Crippen molar-refractivity contribution in [3.63, 3.8) is 0 Å². The lowest BCUT2D eigenvalue weighted by Crippen LogP contribution is -2.52. The molecule has 5 heteroatoms. The average Bonchev–Trinajstić information content (AvgIpc) is 2.99. The zero-order valence-electron chi connectivity index (χ0n) is 10.5. The molecule has 18 heavy (non-hydrogen) atoms. The number of nitrogens with two attached hydrogens (primary N) is 1. The molecule has 3 rings (SSSR count). The van der Waals surface area contributed by atoms with Gasteiger partial charge in [0.15, 0.2) is 0 Å². The van der Waals surface area contributed by atoms with E-state index in [-0.39, 0.29) is 0 Å². The first kappa shape index (κ1) is 13.1. The van der Waals surface area contributed by atoms with E-state index < -0.39 is 0 Å². The van der Waals surface area contributed by atoms with Gasteiger partial charge >= 0.3 is 0 Å². The molecule has 2 saturated heterocycles. The number of rotatable bonds is 3. The molecule has 3 nitrogen and oxygen atoms in total. The summed E-state index contributed by atoms with van der Waals surface area (Å²) in [4.78, 5) is 6.63. The van der Waals surface area contributed by atoms with Crippen LogP contribution < -0.4 is 5.73 Å². The molecule has 1 aromatic heterocycles. The fourth-order valence-corrected chi connectivity index (χ4v) is 4.82. The molecule has 0 spiro atoms. The van der Waals surface area contributed by atoms with E-state index in [0.717, 1.165) is 19.1 Å². The van der Waals surface area contributed by atoms with Gasteiger partial charge in [0.1, 0.15) is 0 Å². The molecular weight excluding hydrogens is 310 g/mol. The molecule has 2 aliphatic rings. The van der Waals surface area contributed by atoms with Gasteiger partial charge in [0.2, 0.25) is 0 Å². The molecule has 0 radical (unpaired) electrons. The van der Waals surface area contributed by atoms with Crippen LogP contribution in [0.4, 0.5) is 0 Å². The lowest BCUT2D eigenvalue weighted by atomic mass is 10.1. The van der Waals surface area contributed by atoms with Gasteiger partial charge in [0, 0.05) is 37.1 Å². The Bertz CT molecular complexity index is 409. The van der Waals surface area contributed by atoms with Gasteiger partial charge in [-0.1, -0.05) is 0 Å².